The third-order valence-electron chi connectivity index (χ3n) is 3.02. The van der Waals surface area contributed by atoms with Crippen molar-refractivity contribution in [3.8, 4) is 0 Å². The zero-order valence-electron chi connectivity index (χ0n) is 9.47. The van der Waals surface area contributed by atoms with Crippen molar-refractivity contribution in [3.05, 3.63) is 30.3 Å². The van der Waals surface area contributed by atoms with Crippen molar-refractivity contribution in [3.63, 3.8) is 0 Å². The van der Waals surface area contributed by atoms with Gasteiger partial charge in [0.1, 0.15) is 4.90 Å². The third kappa shape index (κ3) is 1.70. The molecule has 0 unspecified atom stereocenters. The zero-order valence-corrected chi connectivity index (χ0v) is 10.3. The molecule has 0 amide bonds. The maximum atomic E-state index is 11.4. The Bertz CT molecular complexity index is 725. The summed E-state index contributed by atoms with van der Waals surface area (Å²) in [5.41, 5.74) is 1.18. The Labute approximate surface area is 105 Å². The fraction of sp³-hybridized carbons (Fsp3) is 0.167. The van der Waals surface area contributed by atoms with Crippen LogP contribution in [-0.2, 0) is 10.1 Å². The van der Waals surface area contributed by atoms with Gasteiger partial charge in [0, 0.05) is 18.5 Å². The summed E-state index contributed by atoms with van der Waals surface area (Å²) in [6.45, 7) is 1.33. The molecule has 0 saturated heterocycles. The Balaban J connectivity index is 2.44. The first-order valence-corrected chi connectivity index (χ1v) is 7.02. The van der Waals surface area contributed by atoms with Crippen LogP contribution in [0.4, 0.5) is 11.4 Å². The molecule has 18 heavy (non-hydrogen) atoms. The van der Waals surface area contributed by atoms with E-state index in [4.69, 9.17) is 0 Å². The van der Waals surface area contributed by atoms with E-state index < -0.39 is 10.1 Å². The van der Waals surface area contributed by atoms with E-state index in [0.717, 1.165) is 16.5 Å². The van der Waals surface area contributed by atoms with Gasteiger partial charge in [0.2, 0.25) is 0 Å². The molecule has 0 bridgehead atoms. The highest BCUT2D eigenvalue weighted by atomic mass is 32.2. The smallest absolute Gasteiger partial charge is 0.296 e. The van der Waals surface area contributed by atoms with Crippen molar-refractivity contribution < 1.29 is 13.0 Å². The summed E-state index contributed by atoms with van der Waals surface area (Å²) >= 11 is 0. The van der Waals surface area contributed by atoms with Gasteiger partial charge in [0.25, 0.3) is 10.1 Å². The minimum absolute atomic E-state index is 0.0802. The van der Waals surface area contributed by atoms with E-state index in [1.807, 2.05) is 24.3 Å². The highest BCUT2D eigenvalue weighted by Crippen LogP contribution is 2.38. The second-order valence-electron chi connectivity index (χ2n) is 4.17. The second-order valence-corrected chi connectivity index (χ2v) is 5.56. The summed E-state index contributed by atoms with van der Waals surface area (Å²) in [4.78, 5) is -0.0802. The van der Waals surface area contributed by atoms with E-state index in [1.54, 1.807) is 0 Å². The average molecular weight is 264 g/mol. The van der Waals surface area contributed by atoms with Crippen molar-refractivity contribution in [2.75, 3.05) is 23.7 Å². The van der Waals surface area contributed by atoms with Crippen LogP contribution in [-0.4, -0.2) is 26.1 Å². The van der Waals surface area contributed by atoms with Crippen molar-refractivity contribution in [1.29, 1.82) is 0 Å². The van der Waals surface area contributed by atoms with Gasteiger partial charge in [-0.3, -0.25) is 4.55 Å². The molecule has 1 aliphatic heterocycles. The van der Waals surface area contributed by atoms with Crippen LogP contribution in [0.1, 0.15) is 0 Å². The van der Waals surface area contributed by atoms with Crippen LogP contribution in [0, 0.1) is 0 Å². The Hall–Kier alpha value is -1.79. The molecule has 6 heteroatoms. The standard InChI is InChI=1S/C12H12N2O3S/c15-18(16,17)10-7-8-3-1-2-4-9(8)11-12(10)14-6-5-13-11/h1-4,7,13-14H,5-6H2,(H,15,16,17). The van der Waals surface area contributed by atoms with Crippen LogP contribution in [0.15, 0.2) is 35.2 Å². The summed E-state index contributed by atoms with van der Waals surface area (Å²) in [5, 5.41) is 7.92. The lowest BCUT2D eigenvalue weighted by atomic mass is 10.1. The topological polar surface area (TPSA) is 78.4 Å². The number of hydrogen-bond donors (Lipinski definition) is 3. The Morgan fingerprint density at radius 2 is 1.72 bits per heavy atom. The van der Waals surface area contributed by atoms with Crippen LogP contribution in [0.5, 0.6) is 0 Å². The van der Waals surface area contributed by atoms with Gasteiger partial charge in [0.05, 0.1) is 11.4 Å². The Morgan fingerprint density at radius 1 is 1.06 bits per heavy atom. The van der Waals surface area contributed by atoms with Gasteiger partial charge in [-0.15, -0.1) is 0 Å². The van der Waals surface area contributed by atoms with Gasteiger partial charge < -0.3 is 10.6 Å². The molecular formula is C12H12N2O3S. The fourth-order valence-electron chi connectivity index (χ4n) is 2.26. The molecule has 2 aromatic rings. The lowest BCUT2D eigenvalue weighted by Gasteiger charge is -2.23. The molecule has 0 saturated carbocycles. The SMILES string of the molecule is O=S(=O)(O)c1cc2ccccc2c2c1NCCN2. The maximum Gasteiger partial charge on any atom is 0.296 e. The van der Waals surface area contributed by atoms with Crippen LogP contribution < -0.4 is 10.6 Å². The van der Waals surface area contributed by atoms with Gasteiger partial charge in [-0.25, -0.2) is 0 Å². The molecule has 0 atom stereocenters. The number of rotatable bonds is 1. The van der Waals surface area contributed by atoms with E-state index in [1.165, 1.54) is 6.07 Å². The quantitative estimate of drug-likeness (QED) is 0.686. The number of fused-ring (bicyclic) bond motifs is 3. The lowest BCUT2D eigenvalue weighted by molar-refractivity contribution is 0.483. The van der Waals surface area contributed by atoms with Crippen LogP contribution in [0.25, 0.3) is 10.8 Å². The lowest BCUT2D eigenvalue weighted by Crippen LogP contribution is -2.22. The second kappa shape index (κ2) is 3.86. The molecule has 0 fully saturated rings. The fourth-order valence-corrected chi connectivity index (χ4v) is 2.97. The number of nitrogens with one attached hydrogen (secondary N) is 2. The van der Waals surface area contributed by atoms with Gasteiger partial charge in [-0.1, -0.05) is 24.3 Å². The molecule has 0 radical (unpaired) electrons. The average Bonchev–Trinajstić information content (AvgIpc) is 2.37. The van der Waals surface area contributed by atoms with Gasteiger partial charge >= 0.3 is 0 Å². The summed E-state index contributed by atoms with van der Waals surface area (Å²) in [6.07, 6.45) is 0. The van der Waals surface area contributed by atoms with Crippen LogP contribution >= 0.6 is 0 Å². The van der Waals surface area contributed by atoms with E-state index in [-0.39, 0.29) is 4.90 Å². The van der Waals surface area contributed by atoms with Gasteiger partial charge in [0.15, 0.2) is 0 Å². The minimum Gasteiger partial charge on any atom is -0.381 e. The minimum atomic E-state index is -4.24. The van der Waals surface area contributed by atoms with Crippen LogP contribution in [0.3, 0.4) is 0 Å². The summed E-state index contributed by atoms with van der Waals surface area (Å²) in [5.74, 6) is 0. The monoisotopic (exact) mass is 264 g/mol. The molecule has 0 aromatic heterocycles. The highest BCUT2D eigenvalue weighted by molar-refractivity contribution is 7.86. The first-order chi connectivity index (χ1) is 8.57. The first kappa shape index (κ1) is 11.3. The molecule has 3 rings (SSSR count). The maximum absolute atomic E-state index is 11.4. The molecule has 2 aromatic carbocycles. The predicted octanol–water partition coefficient (Wildman–Crippen LogP) is 1.92. The molecule has 0 spiro atoms. The Morgan fingerprint density at radius 3 is 2.44 bits per heavy atom. The molecule has 0 aliphatic carbocycles. The van der Waals surface area contributed by atoms with E-state index in [2.05, 4.69) is 10.6 Å². The molecule has 94 valence electrons. The predicted molar refractivity (Wildman–Crippen MR) is 70.7 cm³/mol. The summed E-state index contributed by atoms with van der Waals surface area (Å²) in [6, 6.07) is 8.96. The highest BCUT2D eigenvalue weighted by Gasteiger charge is 2.22. The van der Waals surface area contributed by atoms with Crippen molar-refractivity contribution in [2.24, 2.45) is 0 Å². The molecule has 5 nitrogen and oxygen atoms in total. The zero-order chi connectivity index (χ0) is 12.8. The number of benzene rings is 2. The van der Waals surface area contributed by atoms with Gasteiger partial charge in [-0.2, -0.15) is 8.42 Å². The third-order valence-corrected chi connectivity index (χ3v) is 3.90. The van der Waals surface area contributed by atoms with E-state index in [9.17, 15) is 13.0 Å². The first-order valence-electron chi connectivity index (χ1n) is 5.58. The molecular weight excluding hydrogens is 252 g/mol. The van der Waals surface area contributed by atoms with Crippen molar-refractivity contribution in [1.82, 2.24) is 0 Å². The Kier molecular flexibility index (Phi) is 2.42. The van der Waals surface area contributed by atoms with E-state index >= 15 is 0 Å². The van der Waals surface area contributed by atoms with E-state index in [0.29, 0.717) is 18.8 Å². The molecule has 1 aliphatic rings. The van der Waals surface area contributed by atoms with Crippen molar-refractivity contribution in [2.45, 2.75) is 4.90 Å². The molecule has 1 heterocycles. The molecule has 3 N–H and O–H groups in total. The van der Waals surface area contributed by atoms with Crippen LogP contribution in [0.2, 0.25) is 0 Å². The summed E-state index contributed by atoms with van der Waals surface area (Å²) in [7, 11) is -4.24. The number of anilines is 2. The largest absolute Gasteiger partial charge is 0.381 e. The van der Waals surface area contributed by atoms with Gasteiger partial charge in [-0.05, 0) is 11.5 Å². The normalized spacial score (nSPS) is 14.7. The van der Waals surface area contributed by atoms with Crippen molar-refractivity contribution >= 4 is 32.3 Å². The number of hydrogen-bond acceptors (Lipinski definition) is 4. The summed E-state index contributed by atoms with van der Waals surface area (Å²) < 4.78 is 32.2.